The smallest absolute Gasteiger partial charge is 0.234 e. The van der Waals surface area contributed by atoms with Crippen LogP contribution >= 0.6 is 0 Å². The molecule has 0 bridgehead atoms. The number of amides is 1. The lowest BCUT2D eigenvalue weighted by atomic mass is 10.1. The zero-order valence-corrected chi connectivity index (χ0v) is 13.1. The number of carbonyl (C=O) groups excluding carboxylic acids is 1. The number of nitrogens with zero attached hydrogens (tertiary/aromatic N) is 1. The van der Waals surface area contributed by atoms with Crippen molar-refractivity contribution in [3.8, 4) is 11.8 Å². The third kappa shape index (κ3) is 6.94. The third-order valence-electron chi connectivity index (χ3n) is 2.93. The highest BCUT2D eigenvalue weighted by Gasteiger charge is 2.10. The highest BCUT2D eigenvalue weighted by atomic mass is 16.2. The molecule has 1 rings (SSSR count). The van der Waals surface area contributed by atoms with Crippen molar-refractivity contribution in [2.24, 2.45) is 5.73 Å². The molecule has 0 heterocycles. The largest absolute Gasteiger partial charge is 0.353 e. The van der Waals surface area contributed by atoms with E-state index in [-0.39, 0.29) is 11.9 Å². The Morgan fingerprint density at radius 3 is 2.81 bits per heavy atom. The number of benzene rings is 1. The molecule has 0 unspecified atom stereocenters. The monoisotopic (exact) mass is 287 g/mol. The standard InChI is InChI=1S/C17H25N3O/c1-4-20(13-17(21)19-14(2)3)12-16-8-5-7-15(11-16)9-6-10-18/h5,7-8,11,14H,4,10,12-13,18H2,1-3H3,(H,19,21). The van der Waals surface area contributed by atoms with E-state index in [1.165, 1.54) is 0 Å². The van der Waals surface area contributed by atoms with E-state index < -0.39 is 0 Å². The van der Waals surface area contributed by atoms with Crippen LogP contribution in [0, 0.1) is 11.8 Å². The maximum Gasteiger partial charge on any atom is 0.234 e. The van der Waals surface area contributed by atoms with E-state index in [9.17, 15) is 4.79 Å². The van der Waals surface area contributed by atoms with Crippen LogP contribution < -0.4 is 11.1 Å². The van der Waals surface area contributed by atoms with Crippen LogP contribution in [0.2, 0.25) is 0 Å². The van der Waals surface area contributed by atoms with Crippen LogP contribution in [0.3, 0.4) is 0 Å². The number of hydrogen-bond acceptors (Lipinski definition) is 3. The first-order chi connectivity index (χ1) is 10.0. The van der Waals surface area contributed by atoms with Gasteiger partial charge in [-0.25, -0.2) is 0 Å². The van der Waals surface area contributed by atoms with Gasteiger partial charge in [-0.1, -0.05) is 30.9 Å². The Kier molecular flexibility index (Phi) is 7.52. The first-order valence-electron chi connectivity index (χ1n) is 7.34. The summed E-state index contributed by atoms with van der Waals surface area (Å²) in [5.41, 5.74) is 7.49. The van der Waals surface area contributed by atoms with E-state index in [4.69, 9.17) is 5.73 Å². The summed E-state index contributed by atoms with van der Waals surface area (Å²) in [5, 5.41) is 2.92. The minimum Gasteiger partial charge on any atom is -0.353 e. The Hall–Kier alpha value is -1.83. The fraction of sp³-hybridized carbons (Fsp3) is 0.471. The summed E-state index contributed by atoms with van der Waals surface area (Å²) in [6.45, 7) is 8.32. The van der Waals surface area contributed by atoms with Crippen molar-refractivity contribution in [1.29, 1.82) is 0 Å². The van der Waals surface area contributed by atoms with Crippen LogP contribution in [-0.4, -0.2) is 36.5 Å². The van der Waals surface area contributed by atoms with E-state index in [0.717, 1.165) is 24.2 Å². The molecule has 0 aliphatic carbocycles. The first kappa shape index (κ1) is 17.2. The second kappa shape index (κ2) is 9.17. The topological polar surface area (TPSA) is 58.4 Å². The van der Waals surface area contributed by atoms with Crippen LogP contribution in [-0.2, 0) is 11.3 Å². The molecule has 0 saturated carbocycles. The molecule has 0 aliphatic rings. The van der Waals surface area contributed by atoms with Gasteiger partial charge in [-0.2, -0.15) is 0 Å². The molecule has 4 nitrogen and oxygen atoms in total. The highest BCUT2D eigenvalue weighted by molar-refractivity contribution is 5.78. The van der Waals surface area contributed by atoms with Gasteiger partial charge >= 0.3 is 0 Å². The molecule has 3 N–H and O–H groups in total. The zero-order valence-electron chi connectivity index (χ0n) is 13.1. The van der Waals surface area contributed by atoms with Gasteiger partial charge in [0, 0.05) is 18.2 Å². The predicted octanol–water partition coefficient (Wildman–Crippen LogP) is 1.34. The van der Waals surface area contributed by atoms with Gasteiger partial charge < -0.3 is 11.1 Å². The Labute approximate surface area is 127 Å². The van der Waals surface area contributed by atoms with Gasteiger partial charge in [0.2, 0.25) is 5.91 Å². The minimum absolute atomic E-state index is 0.0610. The molecule has 0 aliphatic heterocycles. The van der Waals surface area contributed by atoms with Crippen LogP contribution in [0.1, 0.15) is 31.9 Å². The minimum atomic E-state index is 0.0610. The molecular weight excluding hydrogens is 262 g/mol. The first-order valence-corrected chi connectivity index (χ1v) is 7.34. The lowest BCUT2D eigenvalue weighted by Gasteiger charge is -2.20. The average molecular weight is 287 g/mol. The third-order valence-corrected chi connectivity index (χ3v) is 2.93. The van der Waals surface area contributed by atoms with E-state index in [2.05, 4.69) is 35.0 Å². The van der Waals surface area contributed by atoms with Gasteiger partial charge in [0.15, 0.2) is 0 Å². The van der Waals surface area contributed by atoms with Crippen LogP contribution in [0.15, 0.2) is 24.3 Å². The van der Waals surface area contributed by atoms with E-state index >= 15 is 0 Å². The predicted molar refractivity (Wildman–Crippen MR) is 86.6 cm³/mol. The Morgan fingerprint density at radius 1 is 1.43 bits per heavy atom. The van der Waals surface area contributed by atoms with Crippen LogP contribution in [0.25, 0.3) is 0 Å². The molecule has 0 aromatic heterocycles. The summed E-state index contributed by atoms with van der Waals surface area (Å²) in [5.74, 6) is 5.94. The molecule has 4 heteroatoms. The Morgan fingerprint density at radius 2 is 2.19 bits per heavy atom. The summed E-state index contributed by atoms with van der Waals surface area (Å²) in [6, 6.07) is 8.22. The number of likely N-dealkylation sites (N-methyl/N-ethyl adjacent to an activating group) is 1. The van der Waals surface area contributed by atoms with Crippen molar-refractivity contribution < 1.29 is 4.79 Å². The van der Waals surface area contributed by atoms with Gasteiger partial charge in [0.25, 0.3) is 0 Å². The number of hydrogen-bond donors (Lipinski definition) is 2. The lowest BCUT2D eigenvalue weighted by Crippen LogP contribution is -2.39. The molecular formula is C17H25N3O. The normalized spacial score (nSPS) is 10.4. The SMILES string of the molecule is CCN(CC(=O)NC(C)C)Cc1cccc(C#CCN)c1. The average Bonchev–Trinajstić information content (AvgIpc) is 2.44. The second-order valence-corrected chi connectivity index (χ2v) is 5.23. The van der Waals surface area contributed by atoms with Gasteiger partial charge in [0.1, 0.15) is 0 Å². The number of rotatable bonds is 6. The zero-order chi connectivity index (χ0) is 15.7. The van der Waals surface area contributed by atoms with Crippen molar-refractivity contribution in [3.63, 3.8) is 0 Å². The van der Waals surface area contributed by atoms with Gasteiger partial charge in [-0.3, -0.25) is 9.69 Å². The fourth-order valence-electron chi connectivity index (χ4n) is 2.01. The van der Waals surface area contributed by atoms with Gasteiger partial charge in [-0.15, -0.1) is 0 Å². The molecule has 1 amide bonds. The highest BCUT2D eigenvalue weighted by Crippen LogP contribution is 2.07. The molecule has 0 saturated heterocycles. The maximum absolute atomic E-state index is 11.8. The van der Waals surface area contributed by atoms with Crippen LogP contribution in [0.4, 0.5) is 0 Å². The van der Waals surface area contributed by atoms with E-state index in [1.54, 1.807) is 0 Å². The second-order valence-electron chi connectivity index (χ2n) is 5.23. The summed E-state index contributed by atoms with van der Waals surface area (Å²) >= 11 is 0. The molecule has 0 atom stereocenters. The lowest BCUT2D eigenvalue weighted by molar-refractivity contribution is -0.122. The van der Waals surface area contributed by atoms with Gasteiger partial charge in [-0.05, 0) is 38.1 Å². The summed E-state index contributed by atoms with van der Waals surface area (Å²) < 4.78 is 0. The molecule has 21 heavy (non-hydrogen) atoms. The quantitative estimate of drug-likeness (QED) is 0.776. The molecule has 114 valence electrons. The maximum atomic E-state index is 11.8. The van der Waals surface area contributed by atoms with Crippen molar-refractivity contribution in [1.82, 2.24) is 10.2 Å². The molecule has 0 spiro atoms. The summed E-state index contributed by atoms with van der Waals surface area (Å²) in [6.07, 6.45) is 0. The Balaban J connectivity index is 2.66. The van der Waals surface area contributed by atoms with Crippen molar-refractivity contribution in [2.45, 2.75) is 33.4 Å². The van der Waals surface area contributed by atoms with E-state index in [1.807, 2.05) is 32.0 Å². The summed E-state index contributed by atoms with van der Waals surface area (Å²) in [4.78, 5) is 13.9. The van der Waals surface area contributed by atoms with Crippen molar-refractivity contribution in [3.05, 3.63) is 35.4 Å². The van der Waals surface area contributed by atoms with Gasteiger partial charge in [0.05, 0.1) is 13.1 Å². The number of nitrogens with one attached hydrogen (secondary N) is 1. The molecule has 0 fully saturated rings. The summed E-state index contributed by atoms with van der Waals surface area (Å²) in [7, 11) is 0. The van der Waals surface area contributed by atoms with E-state index in [0.29, 0.717) is 13.1 Å². The number of nitrogens with two attached hydrogens (primary N) is 1. The fourth-order valence-corrected chi connectivity index (χ4v) is 2.01. The molecule has 1 aromatic carbocycles. The van der Waals surface area contributed by atoms with Crippen molar-refractivity contribution >= 4 is 5.91 Å². The van der Waals surface area contributed by atoms with Crippen LogP contribution in [0.5, 0.6) is 0 Å². The van der Waals surface area contributed by atoms with Crippen molar-refractivity contribution in [2.75, 3.05) is 19.6 Å². The molecule has 0 radical (unpaired) electrons. The number of carbonyl (C=O) groups is 1. The Bertz CT molecular complexity index is 514. The molecule has 1 aromatic rings.